The van der Waals surface area contributed by atoms with E-state index in [1.165, 1.54) is 0 Å². The van der Waals surface area contributed by atoms with Crippen LogP contribution in [0.25, 0.3) is 0 Å². The van der Waals surface area contributed by atoms with Gasteiger partial charge in [-0.05, 0) is 25.7 Å². The van der Waals surface area contributed by atoms with E-state index in [-0.39, 0.29) is 17.9 Å². The van der Waals surface area contributed by atoms with Crippen molar-refractivity contribution in [1.29, 1.82) is 0 Å². The molecule has 1 aromatic rings. The number of carbonyl (C=O) groups is 1. The Bertz CT molecular complexity index is 444. The van der Waals surface area contributed by atoms with Crippen LogP contribution in [0.2, 0.25) is 0 Å². The van der Waals surface area contributed by atoms with E-state index in [4.69, 9.17) is 0 Å². The molecule has 1 fully saturated rings. The molecule has 2 atom stereocenters. The molecular formula is C15H25N3O2. The van der Waals surface area contributed by atoms with E-state index in [9.17, 15) is 9.90 Å². The van der Waals surface area contributed by atoms with Gasteiger partial charge in [-0.2, -0.15) is 0 Å². The summed E-state index contributed by atoms with van der Waals surface area (Å²) in [6.07, 6.45) is 8.59. The predicted molar refractivity (Wildman–Crippen MR) is 77.1 cm³/mol. The van der Waals surface area contributed by atoms with Crippen molar-refractivity contribution in [1.82, 2.24) is 14.5 Å². The Morgan fingerprint density at radius 2 is 2.35 bits per heavy atom. The first-order valence-electron chi connectivity index (χ1n) is 7.47. The Kier molecular flexibility index (Phi) is 5.17. The van der Waals surface area contributed by atoms with E-state index in [2.05, 4.69) is 4.98 Å². The van der Waals surface area contributed by atoms with Crippen LogP contribution in [0.5, 0.6) is 0 Å². The minimum atomic E-state index is -0.293. The monoisotopic (exact) mass is 279 g/mol. The molecule has 112 valence electrons. The van der Waals surface area contributed by atoms with E-state index < -0.39 is 0 Å². The number of amides is 1. The second-order valence-electron chi connectivity index (χ2n) is 5.84. The quantitative estimate of drug-likeness (QED) is 0.885. The van der Waals surface area contributed by atoms with Crippen LogP contribution in [0.15, 0.2) is 12.4 Å². The van der Waals surface area contributed by atoms with Crippen LogP contribution in [0.3, 0.4) is 0 Å². The zero-order valence-corrected chi connectivity index (χ0v) is 12.5. The van der Waals surface area contributed by atoms with Crippen molar-refractivity contribution in [3.8, 4) is 0 Å². The number of aromatic nitrogens is 2. The molecule has 0 saturated heterocycles. The summed E-state index contributed by atoms with van der Waals surface area (Å²) in [6.45, 7) is 0.748. The van der Waals surface area contributed by atoms with Crippen LogP contribution in [0, 0.1) is 5.92 Å². The molecular weight excluding hydrogens is 254 g/mol. The molecule has 5 nitrogen and oxygen atoms in total. The lowest BCUT2D eigenvalue weighted by Gasteiger charge is -2.28. The van der Waals surface area contributed by atoms with Crippen molar-refractivity contribution in [2.24, 2.45) is 13.0 Å². The zero-order chi connectivity index (χ0) is 14.5. The Labute approximate surface area is 120 Å². The molecule has 0 bridgehead atoms. The molecule has 0 radical (unpaired) electrons. The normalized spacial score (nSPS) is 22.8. The van der Waals surface area contributed by atoms with Gasteiger partial charge in [-0.3, -0.25) is 4.79 Å². The molecule has 0 spiro atoms. The SMILES string of the molecule is CN(CCCc1nccn1C)C(=O)[C@@H]1CCC[C@H](O)C1. The van der Waals surface area contributed by atoms with E-state index in [0.29, 0.717) is 6.42 Å². The first-order chi connectivity index (χ1) is 9.58. The average molecular weight is 279 g/mol. The molecule has 1 aromatic heterocycles. The molecule has 0 aromatic carbocycles. The summed E-state index contributed by atoms with van der Waals surface area (Å²) in [5, 5.41) is 9.66. The summed E-state index contributed by atoms with van der Waals surface area (Å²) in [5.74, 6) is 1.25. The maximum absolute atomic E-state index is 12.3. The Morgan fingerprint density at radius 1 is 1.55 bits per heavy atom. The Hall–Kier alpha value is -1.36. The highest BCUT2D eigenvalue weighted by atomic mass is 16.3. The minimum Gasteiger partial charge on any atom is -0.393 e. The van der Waals surface area contributed by atoms with Crippen molar-refractivity contribution in [3.63, 3.8) is 0 Å². The van der Waals surface area contributed by atoms with E-state index in [1.807, 2.05) is 29.8 Å². The van der Waals surface area contributed by atoms with Crippen LogP contribution in [0.4, 0.5) is 0 Å². The van der Waals surface area contributed by atoms with Gasteiger partial charge < -0.3 is 14.6 Å². The van der Waals surface area contributed by atoms with Gasteiger partial charge in [-0.15, -0.1) is 0 Å². The number of rotatable bonds is 5. The molecule has 0 aliphatic heterocycles. The second-order valence-corrected chi connectivity index (χ2v) is 5.84. The standard InChI is InChI=1S/C15H25N3O2/c1-17-10-8-16-14(17)7-4-9-18(2)15(20)12-5-3-6-13(19)11-12/h8,10,12-13,19H,3-7,9,11H2,1-2H3/t12-,13+/m1/s1. The molecule has 5 heteroatoms. The van der Waals surface area contributed by atoms with E-state index >= 15 is 0 Å². The first-order valence-corrected chi connectivity index (χ1v) is 7.47. The topological polar surface area (TPSA) is 58.4 Å². The largest absolute Gasteiger partial charge is 0.393 e. The molecule has 1 amide bonds. The highest BCUT2D eigenvalue weighted by Gasteiger charge is 2.27. The number of aliphatic hydroxyl groups is 1. The summed E-state index contributed by atoms with van der Waals surface area (Å²) in [5.41, 5.74) is 0. The Morgan fingerprint density at radius 3 is 3.00 bits per heavy atom. The van der Waals surface area contributed by atoms with Gasteiger partial charge in [-0.1, -0.05) is 6.42 Å². The molecule has 2 rings (SSSR count). The van der Waals surface area contributed by atoms with Crippen LogP contribution in [0.1, 0.15) is 37.9 Å². The van der Waals surface area contributed by atoms with Crippen molar-refractivity contribution in [2.75, 3.05) is 13.6 Å². The van der Waals surface area contributed by atoms with E-state index in [1.54, 1.807) is 6.20 Å². The Balaban J connectivity index is 1.75. The minimum absolute atomic E-state index is 0.0110. The predicted octanol–water partition coefficient (Wildman–Crippen LogP) is 1.36. The number of nitrogens with zero attached hydrogens (tertiary/aromatic N) is 3. The number of aryl methyl sites for hydroxylation is 2. The lowest BCUT2D eigenvalue weighted by Crippen LogP contribution is -2.37. The molecule has 1 aliphatic rings. The maximum atomic E-state index is 12.3. The van der Waals surface area contributed by atoms with Crippen molar-refractivity contribution in [2.45, 2.75) is 44.6 Å². The third kappa shape index (κ3) is 3.82. The van der Waals surface area contributed by atoms with Gasteiger partial charge in [-0.25, -0.2) is 4.98 Å². The van der Waals surface area contributed by atoms with Gasteiger partial charge in [0.1, 0.15) is 5.82 Å². The highest BCUT2D eigenvalue weighted by Crippen LogP contribution is 2.25. The maximum Gasteiger partial charge on any atom is 0.225 e. The van der Waals surface area contributed by atoms with Crippen LogP contribution in [-0.4, -0.2) is 45.2 Å². The fraction of sp³-hybridized carbons (Fsp3) is 0.733. The van der Waals surface area contributed by atoms with Crippen molar-refractivity contribution in [3.05, 3.63) is 18.2 Å². The number of hydrogen-bond donors (Lipinski definition) is 1. The van der Waals surface area contributed by atoms with Gasteiger partial charge in [0.15, 0.2) is 0 Å². The van der Waals surface area contributed by atoms with Crippen molar-refractivity contribution >= 4 is 5.91 Å². The fourth-order valence-corrected chi connectivity index (χ4v) is 2.92. The van der Waals surface area contributed by atoms with Crippen LogP contribution in [-0.2, 0) is 18.3 Å². The highest BCUT2D eigenvalue weighted by molar-refractivity contribution is 5.78. The summed E-state index contributed by atoms with van der Waals surface area (Å²) >= 11 is 0. The number of aliphatic hydroxyl groups excluding tert-OH is 1. The molecule has 20 heavy (non-hydrogen) atoms. The second kappa shape index (κ2) is 6.88. The smallest absolute Gasteiger partial charge is 0.225 e. The molecule has 1 saturated carbocycles. The number of hydrogen-bond acceptors (Lipinski definition) is 3. The van der Waals surface area contributed by atoms with Gasteiger partial charge >= 0.3 is 0 Å². The van der Waals surface area contributed by atoms with Gasteiger partial charge in [0, 0.05) is 45.4 Å². The molecule has 1 aliphatic carbocycles. The molecule has 1 heterocycles. The lowest BCUT2D eigenvalue weighted by molar-refractivity contribution is -0.136. The lowest BCUT2D eigenvalue weighted by atomic mass is 9.86. The van der Waals surface area contributed by atoms with Crippen LogP contribution >= 0.6 is 0 Å². The number of carbonyl (C=O) groups excluding carboxylic acids is 1. The third-order valence-corrected chi connectivity index (χ3v) is 4.19. The summed E-state index contributed by atoms with van der Waals surface area (Å²) < 4.78 is 2.01. The first kappa shape index (κ1) is 15.0. The van der Waals surface area contributed by atoms with Crippen LogP contribution < -0.4 is 0 Å². The molecule has 1 N–H and O–H groups in total. The summed E-state index contributed by atoms with van der Waals surface area (Å²) in [7, 11) is 3.85. The summed E-state index contributed by atoms with van der Waals surface area (Å²) in [4.78, 5) is 18.4. The average Bonchev–Trinajstić information content (AvgIpc) is 2.83. The van der Waals surface area contributed by atoms with Crippen molar-refractivity contribution < 1.29 is 9.90 Å². The van der Waals surface area contributed by atoms with Gasteiger partial charge in [0.2, 0.25) is 5.91 Å². The summed E-state index contributed by atoms with van der Waals surface area (Å²) in [6, 6.07) is 0. The number of imidazole rings is 1. The fourth-order valence-electron chi connectivity index (χ4n) is 2.92. The molecule has 0 unspecified atom stereocenters. The zero-order valence-electron chi connectivity index (χ0n) is 12.5. The van der Waals surface area contributed by atoms with Gasteiger partial charge in [0.25, 0.3) is 0 Å². The van der Waals surface area contributed by atoms with E-state index in [0.717, 1.165) is 44.5 Å². The van der Waals surface area contributed by atoms with Gasteiger partial charge in [0.05, 0.1) is 6.10 Å². The third-order valence-electron chi connectivity index (χ3n) is 4.19.